The lowest BCUT2D eigenvalue weighted by Gasteiger charge is -1.89. The Bertz CT molecular complexity index is 514. The van der Waals surface area contributed by atoms with E-state index in [1.165, 1.54) is 0 Å². The molecule has 7 heteroatoms. The standard InChI is InChI=1S/C8H7N3O4/c1-4-2-6(10-15-4)11-3-5(12)7(9-11)8(13)14/h2-3,12H,1H3,(H,13,14). The van der Waals surface area contributed by atoms with Gasteiger partial charge in [-0.25, -0.2) is 9.48 Å². The molecule has 0 saturated carbocycles. The molecule has 0 bridgehead atoms. The van der Waals surface area contributed by atoms with Crippen molar-refractivity contribution in [3.63, 3.8) is 0 Å². The zero-order chi connectivity index (χ0) is 11.0. The van der Waals surface area contributed by atoms with E-state index in [0.29, 0.717) is 11.6 Å². The van der Waals surface area contributed by atoms with E-state index in [1.54, 1.807) is 13.0 Å². The molecule has 7 nitrogen and oxygen atoms in total. The summed E-state index contributed by atoms with van der Waals surface area (Å²) in [6, 6.07) is 1.57. The lowest BCUT2D eigenvalue weighted by Crippen LogP contribution is -2.01. The number of aromatic hydroxyl groups is 1. The monoisotopic (exact) mass is 209 g/mol. The van der Waals surface area contributed by atoms with Crippen molar-refractivity contribution in [3.05, 3.63) is 23.7 Å². The molecule has 0 radical (unpaired) electrons. The Morgan fingerprint density at radius 2 is 2.33 bits per heavy atom. The first kappa shape index (κ1) is 9.25. The van der Waals surface area contributed by atoms with Crippen LogP contribution in [0.15, 0.2) is 16.8 Å². The number of aromatic nitrogens is 3. The fraction of sp³-hybridized carbons (Fsp3) is 0.125. The van der Waals surface area contributed by atoms with Gasteiger partial charge in [0.2, 0.25) is 5.69 Å². The van der Waals surface area contributed by atoms with Crippen molar-refractivity contribution in [1.29, 1.82) is 0 Å². The maximum absolute atomic E-state index is 10.6. The van der Waals surface area contributed by atoms with E-state index < -0.39 is 17.4 Å². The summed E-state index contributed by atoms with van der Waals surface area (Å²) >= 11 is 0. The van der Waals surface area contributed by atoms with E-state index in [9.17, 15) is 9.90 Å². The largest absolute Gasteiger partial charge is 0.504 e. The maximum Gasteiger partial charge on any atom is 0.360 e. The highest BCUT2D eigenvalue weighted by Crippen LogP contribution is 2.17. The van der Waals surface area contributed by atoms with Gasteiger partial charge in [-0.2, -0.15) is 5.10 Å². The normalized spacial score (nSPS) is 10.5. The number of hydrogen-bond acceptors (Lipinski definition) is 5. The van der Waals surface area contributed by atoms with Crippen LogP contribution in [0.2, 0.25) is 0 Å². The van der Waals surface area contributed by atoms with E-state index in [0.717, 1.165) is 10.9 Å². The minimum Gasteiger partial charge on any atom is -0.504 e. The highest BCUT2D eigenvalue weighted by Gasteiger charge is 2.16. The van der Waals surface area contributed by atoms with Gasteiger partial charge in [0.15, 0.2) is 11.6 Å². The van der Waals surface area contributed by atoms with Gasteiger partial charge in [0.25, 0.3) is 0 Å². The number of aryl methyl sites for hydroxylation is 1. The van der Waals surface area contributed by atoms with Crippen molar-refractivity contribution >= 4 is 5.97 Å². The van der Waals surface area contributed by atoms with Crippen LogP contribution in [0.4, 0.5) is 0 Å². The summed E-state index contributed by atoms with van der Waals surface area (Å²) in [4.78, 5) is 10.6. The van der Waals surface area contributed by atoms with Crippen LogP contribution in [0.25, 0.3) is 5.82 Å². The molecule has 0 unspecified atom stereocenters. The molecule has 0 fully saturated rings. The Kier molecular flexibility index (Phi) is 1.93. The van der Waals surface area contributed by atoms with Gasteiger partial charge in [-0.15, -0.1) is 0 Å². The number of carboxylic acids is 1. The summed E-state index contributed by atoms with van der Waals surface area (Å²) < 4.78 is 5.92. The van der Waals surface area contributed by atoms with Crippen molar-refractivity contribution in [2.24, 2.45) is 0 Å². The SMILES string of the molecule is Cc1cc(-n2cc(O)c(C(=O)O)n2)no1. The molecular weight excluding hydrogens is 202 g/mol. The average molecular weight is 209 g/mol. The number of nitrogens with zero attached hydrogens (tertiary/aromatic N) is 3. The van der Waals surface area contributed by atoms with Crippen LogP contribution in [0.3, 0.4) is 0 Å². The van der Waals surface area contributed by atoms with E-state index in [-0.39, 0.29) is 0 Å². The fourth-order valence-electron chi connectivity index (χ4n) is 1.10. The zero-order valence-electron chi connectivity index (χ0n) is 7.71. The lowest BCUT2D eigenvalue weighted by molar-refractivity contribution is 0.0687. The third-order valence-corrected chi connectivity index (χ3v) is 1.75. The molecule has 2 aromatic rings. The quantitative estimate of drug-likeness (QED) is 0.749. The molecule has 0 saturated heterocycles. The Hall–Kier alpha value is -2.31. The van der Waals surface area contributed by atoms with Crippen molar-refractivity contribution in [3.8, 4) is 11.6 Å². The van der Waals surface area contributed by atoms with Crippen molar-refractivity contribution in [2.75, 3.05) is 0 Å². The Morgan fingerprint density at radius 1 is 1.60 bits per heavy atom. The first-order chi connectivity index (χ1) is 7.08. The summed E-state index contributed by atoms with van der Waals surface area (Å²) in [6.45, 7) is 1.69. The van der Waals surface area contributed by atoms with Gasteiger partial charge in [-0.05, 0) is 6.92 Å². The molecule has 2 heterocycles. The van der Waals surface area contributed by atoms with E-state index in [4.69, 9.17) is 9.63 Å². The van der Waals surface area contributed by atoms with Crippen LogP contribution >= 0.6 is 0 Å². The molecule has 78 valence electrons. The van der Waals surface area contributed by atoms with E-state index >= 15 is 0 Å². The molecule has 0 atom stereocenters. The highest BCUT2D eigenvalue weighted by molar-refractivity contribution is 5.88. The summed E-state index contributed by atoms with van der Waals surface area (Å²) in [6.07, 6.45) is 1.15. The zero-order valence-corrected chi connectivity index (χ0v) is 7.71. The molecule has 0 spiro atoms. The van der Waals surface area contributed by atoms with Gasteiger partial charge in [0.05, 0.1) is 6.20 Å². The van der Waals surface area contributed by atoms with Crippen LogP contribution in [-0.4, -0.2) is 31.1 Å². The second-order valence-corrected chi connectivity index (χ2v) is 2.91. The van der Waals surface area contributed by atoms with Crippen LogP contribution in [0.5, 0.6) is 5.75 Å². The third-order valence-electron chi connectivity index (χ3n) is 1.75. The van der Waals surface area contributed by atoms with Crippen LogP contribution in [0, 0.1) is 6.92 Å². The van der Waals surface area contributed by atoms with Crippen molar-refractivity contribution < 1.29 is 19.5 Å². The molecule has 15 heavy (non-hydrogen) atoms. The van der Waals surface area contributed by atoms with Crippen molar-refractivity contribution in [1.82, 2.24) is 14.9 Å². The van der Waals surface area contributed by atoms with Gasteiger partial charge in [-0.1, -0.05) is 5.16 Å². The predicted octanol–water partition coefficient (Wildman–Crippen LogP) is 0.573. The van der Waals surface area contributed by atoms with Gasteiger partial charge in [0, 0.05) is 6.07 Å². The van der Waals surface area contributed by atoms with Gasteiger partial charge in [0.1, 0.15) is 5.76 Å². The maximum atomic E-state index is 10.6. The summed E-state index contributed by atoms with van der Waals surface area (Å²) in [5, 5.41) is 25.2. The summed E-state index contributed by atoms with van der Waals surface area (Å²) in [5.74, 6) is -0.832. The minimum atomic E-state index is -1.30. The Labute approximate surface area is 83.5 Å². The molecule has 2 rings (SSSR count). The number of carboxylic acid groups (broad SMARTS) is 1. The fourth-order valence-corrected chi connectivity index (χ4v) is 1.10. The molecule has 0 aliphatic carbocycles. The second-order valence-electron chi connectivity index (χ2n) is 2.91. The second kappa shape index (κ2) is 3.12. The summed E-state index contributed by atoms with van der Waals surface area (Å²) in [5.41, 5.74) is -0.421. The third kappa shape index (κ3) is 1.54. The topological polar surface area (TPSA) is 101 Å². The predicted molar refractivity (Wildman–Crippen MR) is 47.0 cm³/mol. The smallest absolute Gasteiger partial charge is 0.360 e. The first-order valence-electron chi connectivity index (χ1n) is 4.03. The van der Waals surface area contributed by atoms with Crippen LogP contribution in [0.1, 0.15) is 16.2 Å². The Balaban J connectivity index is 2.46. The van der Waals surface area contributed by atoms with Crippen LogP contribution in [-0.2, 0) is 0 Å². The molecule has 2 N–H and O–H groups in total. The molecule has 0 aliphatic heterocycles. The van der Waals surface area contributed by atoms with Crippen molar-refractivity contribution in [2.45, 2.75) is 6.92 Å². The van der Waals surface area contributed by atoms with E-state index in [2.05, 4.69) is 10.3 Å². The summed E-state index contributed by atoms with van der Waals surface area (Å²) in [7, 11) is 0. The number of carbonyl (C=O) groups is 1. The molecule has 2 aromatic heterocycles. The van der Waals surface area contributed by atoms with Gasteiger partial charge >= 0.3 is 5.97 Å². The minimum absolute atomic E-state index is 0.315. The van der Waals surface area contributed by atoms with E-state index in [1.807, 2.05) is 0 Å². The number of aromatic carboxylic acids is 1. The highest BCUT2D eigenvalue weighted by atomic mass is 16.5. The van der Waals surface area contributed by atoms with Gasteiger partial charge in [-0.3, -0.25) is 0 Å². The molecule has 0 amide bonds. The number of rotatable bonds is 2. The molecule has 0 aliphatic rings. The molecular formula is C8H7N3O4. The first-order valence-corrected chi connectivity index (χ1v) is 4.03. The average Bonchev–Trinajstić information content (AvgIpc) is 2.71. The Morgan fingerprint density at radius 3 is 2.80 bits per heavy atom. The number of hydrogen-bond donors (Lipinski definition) is 2. The van der Waals surface area contributed by atoms with Gasteiger partial charge < -0.3 is 14.7 Å². The lowest BCUT2D eigenvalue weighted by atomic mass is 10.4. The van der Waals surface area contributed by atoms with Crippen LogP contribution < -0.4 is 0 Å². The molecule has 0 aromatic carbocycles.